The molecule has 2 rings (SSSR count). The number of amides is 3. The SMILES string of the molecule is CNC(=O)NC(=O)[C@@H]([NH2+]CCc1ccc(F)cc1)c1ccccc1. The van der Waals surface area contributed by atoms with E-state index in [1.165, 1.54) is 19.2 Å². The van der Waals surface area contributed by atoms with Crippen molar-refractivity contribution in [2.75, 3.05) is 13.6 Å². The standard InChI is InChI=1S/C18H20FN3O2/c1-20-18(24)22-17(23)16(14-5-3-2-4-6-14)21-12-11-13-7-9-15(19)10-8-13/h2-10,16,21H,11-12H2,1H3,(H2,20,22,23,24)/p+1/t16-/m0/s1. The minimum atomic E-state index is -0.534. The largest absolute Gasteiger partial charge is 0.341 e. The molecule has 3 amide bonds. The quantitative estimate of drug-likeness (QED) is 0.743. The van der Waals surface area contributed by atoms with E-state index in [1.54, 1.807) is 12.1 Å². The van der Waals surface area contributed by atoms with Gasteiger partial charge in [0.1, 0.15) is 5.82 Å². The van der Waals surface area contributed by atoms with E-state index in [4.69, 9.17) is 0 Å². The Kier molecular flexibility index (Phi) is 6.45. The molecule has 1 atom stereocenters. The fraction of sp³-hybridized carbons (Fsp3) is 0.222. The summed E-state index contributed by atoms with van der Waals surface area (Å²) in [5, 5.41) is 6.56. The number of quaternary nitrogens is 1. The van der Waals surface area contributed by atoms with Gasteiger partial charge in [0.25, 0.3) is 5.91 Å². The van der Waals surface area contributed by atoms with Crippen molar-refractivity contribution in [1.82, 2.24) is 10.6 Å². The molecule has 6 heteroatoms. The first-order chi connectivity index (χ1) is 11.6. The average molecular weight is 330 g/mol. The molecule has 0 aliphatic rings. The van der Waals surface area contributed by atoms with E-state index >= 15 is 0 Å². The average Bonchev–Trinajstić information content (AvgIpc) is 2.60. The highest BCUT2D eigenvalue weighted by Crippen LogP contribution is 2.08. The fourth-order valence-corrected chi connectivity index (χ4v) is 2.37. The molecule has 0 saturated carbocycles. The van der Waals surface area contributed by atoms with Crippen LogP contribution in [-0.4, -0.2) is 25.5 Å². The summed E-state index contributed by atoms with van der Waals surface area (Å²) in [5.74, 6) is -0.644. The van der Waals surface area contributed by atoms with Gasteiger partial charge in [-0.2, -0.15) is 0 Å². The van der Waals surface area contributed by atoms with Gasteiger partial charge in [-0.3, -0.25) is 10.1 Å². The maximum atomic E-state index is 12.9. The van der Waals surface area contributed by atoms with E-state index < -0.39 is 12.1 Å². The van der Waals surface area contributed by atoms with Crippen LogP contribution in [0.1, 0.15) is 17.2 Å². The molecule has 0 spiro atoms. The molecule has 0 unspecified atom stereocenters. The Bertz CT molecular complexity index is 674. The number of halogens is 1. The fourth-order valence-electron chi connectivity index (χ4n) is 2.37. The van der Waals surface area contributed by atoms with Crippen LogP contribution in [0.5, 0.6) is 0 Å². The lowest BCUT2D eigenvalue weighted by atomic mass is 10.1. The van der Waals surface area contributed by atoms with Crippen LogP contribution in [0.3, 0.4) is 0 Å². The van der Waals surface area contributed by atoms with E-state index in [0.717, 1.165) is 11.1 Å². The molecule has 0 aliphatic heterocycles. The molecular formula is C18H21FN3O2+. The predicted octanol–water partition coefficient (Wildman–Crippen LogP) is 1.13. The normalized spacial score (nSPS) is 11.6. The number of carbonyl (C=O) groups excluding carboxylic acids is 2. The Morgan fingerprint density at radius 2 is 1.75 bits per heavy atom. The smallest absolute Gasteiger partial charge is 0.321 e. The number of hydrogen-bond acceptors (Lipinski definition) is 2. The summed E-state index contributed by atoms with van der Waals surface area (Å²) < 4.78 is 12.9. The van der Waals surface area contributed by atoms with Gasteiger partial charge in [-0.05, 0) is 17.7 Å². The highest BCUT2D eigenvalue weighted by atomic mass is 19.1. The van der Waals surface area contributed by atoms with E-state index in [1.807, 2.05) is 35.6 Å². The zero-order chi connectivity index (χ0) is 17.4. The van der Waals surface area contributed by atoms with Crippen molar-refractivity contribution in [1.29, 1.82) is 0 Å². The first-order valence-corrected chi connectivity index (χ1v) is 7.75. The Morgan fingerprint density at radius 3 is 2.38 bits per heavy atom. The zero-order valence-electron chi connectivity index (χ0n) is 13.5. The molecule has 0 radical (unpaired) electrons. The van der Waals surface area contributed by atoms with Crippen molar-refractivity contribution >= 4 is 11.9 Å². The summed E-state index contributed by atoms with van der Waals surface area (Å²) >= 11 is 0. The Balaban J connectivity index is 2.01. The first-order valence-electron chi connectivity index (χ1n) is 7.75. The van der Waals surface area contributed by atoms with Gasteiger partial charge in [-0.15, -0.1) is 0 Å². The van der Waals surface area contributed by atoms with E-state index in [0.29, 0.717) is 13.0 Å². The summed E-state index contributed by atoms with van der Waals surface area (Å²) in [6.45, 7) is 0.631. The minimum absolute atomic E-state index is 0.269. The van der Waals surface area contributed by atoms with E-state index in [-0.39, 0.29) is 11.7 Å². The van der Waals surface area contributed by atoms with Gasteiger partial charge >= 0.3 is 6.03 Å². The summed E-state index contributed by atoms with van der Waals surface area (Å²) in [6, 6.07) is 14.5. The summed E-state index contributed by atoms with van der Waals surface area (Å²) in [6.07, 6.45) is 0.691. The van der Waals surface area contributed by atoms with Crippen LogP contribution in [0, 0.1) is 5.82 Å². The maximum Gasteiger partial charge on any atom is 0.321 e. The number of nitrogens with two attached hydrogens (primary N) is 1. The van der Waals surface area contributed by atoms with Crippen molar-refractivity contribution < 1.29 is 19.3 Å². The number of rotatable bonds is 6. The number of nitrogens with one attached hydrogen (secondary N) is 2. The Hall–Kier alpha value is -2.73. The molecule has 0 bridgehead atoms. The maximum absolute atomic E-state index is 12.9. The van der Waals surface area contributed by atoms with E-state index in [2.05, 4.69) is 10.6 Å². The summed E-state index contributed by atoms with van der Waals surface area (Å²) in [4.78, 5) is 23.7. The van der Waals surface area contributed by atoms with Gasteiger partial charge in [0.05, 0.1) is 6.54 Å². The van der Waals surface area contributed by atoms with Crippen molar-refractivity contribution in [3.63, 3.8) is 0 Å². The number of urea groups is 1. The van der Waals surface area contributed by atoms with Gasteiger partial charge < -0.3 is 10.6 Å². The second-order valence-electron chi connectivity index (χ2n) is 5.36. The highest BCUT2D eigenvalue weighted by molar-refractivity contribution is 5.96. The van der Waals surface area contributed by atoms with Crippen molar-refractivity contribution in [3.8, 4) is 0 Å². The van der Waals surface area contributed by atoms with Gasteiger partial charge in [0, 0.05) is 19.0 Å². The molecule has 0 fully saturated rings. The van der Waals surface area contributed by atoms with Crippen molar-refractivity contribution in [2.45, 2.75) is 12.5 Å². The van der Waals surface area contributed by atoms with Gasteiger partial charge in [0.2, 0.25) is 0 Å². The van der Waals surface area contributed by atoms with Crippen LogP contribution in [0.15, 0.2) is 54.6 Å². The Morgan fingerprint density at radius 1 is 1.08 bits per heavy atom. The number of carbonyl (C=O) groups is 2. The zero-order valence-corrected chi connectivity index (χ0v) is 13.5. The molecule has 24 heavy (non-hydrogen) atoms. The predicted molar refractivity (Wildman–Crippen MR) is 88.7 cm³/mol. The minimum Gasteiger partial charge on any atom is -0.341 e. The summed E-state index contributed by atoms with van der Waals surface area (Å²) in [5.41, 5.74) is 1.81. The second kappa shape index (κ2) is 8.79. The highest BCUT2D eigenvalue weighted by Gasteiger charge is 2.25. The van der Waals surface area contributed by atoms with Crippen LogP contribution < -0.4 is 16.0 Å². The van der Waals surface area contributed by atoms with Gasteiger partial charge in [-0.1, -0.05) is 42.5 Å². The molecule has 2 aromatic rings. The molecule has 4 N–H and O–H groups in total. The Labute approximate surface area is 140 Å². The second-order valence-corrected chi connectivity index (χ2v) is 5.36. The third kappa shape index (κ3) is 5.17. The lowest BCUT2D eigenvalue weighted by molar-refractivity contribution is -0.682. The molecule has 0 aliphatic carbocycles. The summed E-state index contributed by atoms with van der Waals surface area (Å²) in [7, 11) is 1.46. The topological polar surface area (TPSA) is 74.8 Å². The first kappa shape index (κ1) is 17.6. The van der Waals surface area contributed by atoms with Crippen LogP contribution in [0.4, 0.5) is 9.18 Å². The molecule has 2 aromatic carbocycles. The number of hydrogen-bond donors (Lipinski definition) is 3. The van der Waals surface area contributed by atoms with Crippen LogP contribution >= 0.6 is 0 Å². The van der Waals surface area contributed by atoms with Crippen molar-refractivity contribution in [2.24, 2.45) is 0 Å². The van der Waals surface area contributed by atoms with Crippen LogP contribution in [-0.2, 0) is 11.2 Å². The molecule has 0 saturated heterocycles. The van der Waals surface area contributed by atoms with Crippen LogP contribution in [0.25, 0.3) is 0 Å². The molecular weight excluding hydrogens is 309 g/mol. The molecule has 0 aromatic heterocycles. The third-order valence-electron chi connectivity index (χ3n) is 3.65. The molecule has 5 nitrogen and oxygen atoms in total. The van der Waals surface area contributed by atoms with Crippen LogP contribution in [0.2, 0.25) is 0 Å². The lowest BCUT2D eigenvalue weighted by Gasteiger charge is -2.15. The molecule has 0 heterocycles. The van der Waals surface area contributed by atoms with E-state index in [9.17, 15) is 14.0 Å². The van der Waals surface area contributed by atoms with Crippen molar-refractivity contribution in [3.05, 3.63) is 71.5 Å². The number of benzene rings is 2. The molecule has 126 valence electrons. The lowest BCUT2D eigenvalue weighted by Crippen LogP contribution is -2.88. The van der Waals surface area contributed by atoms with Gasteiger partial charge in [0.15, 0.2) is 6.04 Å². The monoisotopic (exact) mass is 330 g/mol. The number of imide groups is 1. The van der Waals surface area contributed by atoms with Gasteiger partial charge in [-0.25, -0.2) is 9.18 Å². The third-order valence-corrected chi connectivity index (χ3v) is 3.65.